The highest BCUT2D eigenvalue weighted by Gasteiger charge is 2.26. The number of fused-ring (bicyclic) bond motifs is 2. The lowest BCUT2D eigenvalue weighted by Gasteiger charge is -2.34. The zero-order chi connectivity index (χ0) is 18.1. The molecule has 0 saturated carbocycles. The van der Waals surface area contributed by atoms with Gasteiger partial charge in [-0.05, 0) is 87.7 Å². The van der Waals surface area contributed by atoms with Gasteiger partial charge in [-0.25, -0.2) is 9.10 Å². The number of hydrogen-bond donors (Lipinski definition) is 2. The van der Waals surface area contributed by atoms with Crippen molar-refractivity contribution in [3.8, 4) is 0 Å². The van der Waals surface area contributed by atoms with Crippen molar-refractivity contribution >= 4 is 23.9 Å². The first-order valence-corrected chi connectivity index (χ1v) is 10.7. The van der Waals surface area contributed by atoms with Crippen molar-refractivity contribution < 1.29 is 4.79 Å². The Bertz CT molecular complexity index is 659. The third-order valence-electron chi connectivity index (χ3n) is 6.07. The van der Waals surface area contributed by atoms with Crippen LogP contribution >= 0.6 is 12.1 Å². The standard InChI is InChI=1S/C20H30N4OS/c1-23(2)16-8-5-11-24(13-16)26-22-20(25)21-19-17-9-3-6-14(17)12-15-7-4-10-18(15)19/h12,16H,3-11,13H2,1-2H3,(H2,21,22,25). The van der Waals surface area contributed by atoms with Crippen LogP contribution in [-0.4, -0.2) is 48.5 Å². The van der Waals surface area contributed by atoms with E-state index in [4.69, 9.17) is 0 Å². The van der Waals surface area contributed by atoms with Crippen LogP contribution in [-0.2, 0) is 25.7 Å². The number of hydrogen-bond acceptors (Lipinski definition) is 4. The predicted octanol–water partition coefficient (Wildman–Crippen LogP) is 3.37. The molecule has 3 aliphatic rings. The zero-order valence-electron chi connectivity index (χ0n) is 15.9. The van der Waals surface area contributed by atoms with E-state index in [1.807, 2.05) is 0 Å². The lowest BCUT2D eigenvalue weighted by molar-refractivity contribution is 0.198. The molecule has 26 heavy (non-hydrogen) atoms. The number of urea groups is 1. The molecular formula is C20H30N4OS. The molecule has 142 valence electrons. The fourth-order valence-corrected chi connectivity index (χ4v) is 5.37. The Balaban J connectivity index is 1.39. The van der Waals surface area contributed by atoms with Gasteiger partial charge in [-0.15, -0.1) is 0 Å². The molecule has 1 aliphatic heterocycles. The summed E-state index contributed by atoms with van der Waals surface area (Å²) >= 11 is 1.46. The third kappa shape index (κ3) is 3.73. The molecule has 4 rings (SSSR count). The fraction of sp³-hybridized carbons (Fsp3) is 0.650. The summed E-state index contributed by atoms with van der Waals surface area (Å²) in [6.07, 6.45) is 9.36. The van der Waals surface area contributed by atoms with E-state index in [1.165, 1.54) is 60.1 Å². The van der Waals surface area contributed by atoms with Crippen LogP contribution in [0.1, 0.15) is 47.9 Å². The van der Waals surface area contributed by atoms with Gasteiger partial charge in [0.05, 0.1) is 0 Å². The van der Waals surface area contributed by atoms with E-state index in [0.717, 1.165) is 44.5 Å². The SMILES string of the molecule is CN(C)C1CCCN(SNC(=O)Nc2c3c(cc4c2CCC4)CCC3)C1. The normalized spacial score (nSPS) is 22.3. The third-order valence-corrected chi connectivity index (χ3v) is 6.94. The quantitative estimate of drug-likeness (QED) is 0.794. The van der Waals surface area contributed by atoms with Crippen LogP contribution in [0.3, 0.4) is 0 Å². The van der Waals surface area contributed by atoms with Crippen molar-refractivity contribution in [2.24, 2.45) is 0 Å². The molecule has 6 heteroatoms. The second-order valence-electron chi connectivity index (χ2n) is 8.03. The Morgan fingerprint density at radius 2 is 1.81 bits per heavy atom. The number of benzene rings is 1. The van der Waals surface area contributed by atoms with E-state index in [-0.39, 0.29) is 6.03 Å². The average molecular weight is 375 g/mol. The van der Waals surface area contributed by atoms with Crippen LogP contribution in [0.15, 0.2) is 6.07 Å². The molecule has 0 radical (unpaired) electrons. The van der Waals surface area contributed by atoms with Crippen LogP contribution in [0.2, 0.25) is 0 Å². The summed E-state index contributed by atoms with van der Waals surface area (Å²) in [4.78, 5) is 14.9. The Morgan fingerprint density at radius 1 is 1.12 bits per heavy atom. The van der Waals surface area contributed by atoms with Crippen LogP contribution in [0.5, 0.6) is 0 Å². The highest BCUT2D eigenvalue weighted by atomic mass is 32.2. The van der Waals surface area contributed by atoms with Crippen molar-refractivity contribution in [3.63, 3.8) is 0 Å². The lowest BCUT2D eigenvalue weighted by Crippen LogP contribution is -2.43. The maximum Gasteiger partial charge on any atom is 0.330 e. The van der Waals surface area contributed by atoms with Gasteiger partial charge in [0.25, 0.3) is 0 Å². The molecule has 1 heterocycles. The topological polar surface area (TPSA) is 47.6 Å². The van der Waals surface area contributed by atoms with Crippen molar-refractivity contribution in [1.29, 1.82) is 0 Å². The summed E-state index contributed by atoms with van der Waals surface area (Å²) in [6.45, 7) is 2.03. The maximum absolute atomic E-state index is 12.6. The van der Waals surface area contributed by atoms with Crippen molar-refractivity contribution in [2.75, 3.05) is 32.5 Å². The maximum atomic E-state index is 12.6. The molecule has 1 aromatic carbocycles. The monoisotopic (exact) mass is 374 g/mol. The minimum absolute atomic E-state index is 0.0867. The molecule has 2 amide bonds. The Labute approximate surface area is 161 Å². The predicted molar refractivity (Wildman–Crippen MR) is 109 cm³/mol. The summed E-state index contributed by atoms with van der Waals surface area (Å²) in [6, 6.07) is 2.88. The highest BCUT2D eigenvalue weighted by molar-refractivity contribution is 7.95. The summed E-state index contributed by atoms with van der Waals surface area (Å²) in [5.74, 6) is 0. The molecule has 2 aliphatic carbocycles. The average Bonchev–Trinajstić information content (AvgIpc) is 3.29. The van der Waals surface area contributed by atoms with Gasteiger partial charge in [0.15, 0.2) is 0 Å². The van der Waals surface area contributed by atoms with Gasteiger partial charge >= 0.3 is 6.03 Å². The summed E-state index contributed by atoms with van der Waals surface area (Å²) in [7, 11) is 4.27. The van der Waals surface area contributed by atoms with Gasteiger partial charge < -0.3 is 10.2 Å². The second kappa shape index (κ2) is 7.79. The first kappa shape index (κ1) is 18.1. The van der Waals surface area contributed by atoms with E-state index in [9.17, 15) is 4.79 Å². The van der Waals surface area contributed by atoms with Gasteiger partial charge in [0, 0.05) is 37.0 Å². The molecule has 1 fully saturated rings. The summed E-state index contributed by atoms with van der Waals surface area (Å²) < 4.78 is 5.29. The fourth-order valence-electron chi connectivity index (χ4n) is 4.64. The summed E-state index contributed by atoms with van der Waals surface area (Å²) in [5, 5.41) is 3.21. The van der Waals surface area contributed by atoms with Crippen LogP contribution < -0.4 is 10.0 Å². The number of likely N-dealkylation sites (N-methyl/N-ethyl adjacent to an activating group) is 1. The molecule has 1 unspecified atom stereocenters. The van der Waals surface area contributed by atoms with Crippen molar-refractivity contribution in [2.45, 2.75) is 57.4 Å². The van der Waals surface area contributed by atoms with Gasteiger partial charge in [-0.1, -0.05) is 6.07 Å². The highest BCUT2D eigenvalue weighted by Crippen LogP contribution is 2.38. The minimum Gasteiger partial charge on any atom is -0.307 e. The smallest absolute Gasteiger partial charge is 0.307 e. The van der Waals surface area contributed by atoms with Gasteiger partial charge in [0.1, 0.15) is 0 Å². The number of rotatable bonds is 4. The molecule has 1 aromatic rings. The Morgan fingerprint density at radius 3 is 2.46 bits per heavy atom. The number of piperidine rings is 1. The van der Waals surface area contributed by atoms with E-state index in [2.05, 4.69) is 39.4 Å². The number of carbonyl (C=O) groups is 1. The number of amides is 2. The van der Waals surface area contributed by atoms with Crippen LogP contribution in [0.4, 0.5) is 10.5 Å². The molecule has 2 N–H and O–H groups in total. The first-order valence-electron chi connectivity index (χ1n) is 9.93. The van der Waals surface area contributed by atoms with E-state index < -0.39 is 0 Å². The second-order valence-corrected chi connectivity index (χ2v) is 8.93. The molecule has 1 saturated heterocycles. The number of aryl methyl sites for hydroxylation is 2. The minimum atomic E-state index is -0.0867. The molecule has 0 bridgehead atoms. The number of anilines is 1. The van der Waals surface area contributed by atoms with Crippen LogP contribution in [0, 0.1) is 0 Å². The lowest BCUT2D eigenvalue weighted by atomic mass is 9.99. The molecular weight excluding hydrogens is 344 g/mol. The summed E-state index contributed by atoms with van der Waals surface area (Å²) in [5.41, 5.74) is 6.81. The molecule has 5 nitrogen and oxygen atoms in total. The van der Waals surface area contributed by atoms with Gasteiger partial charge in [-0.3, -0.25) is 4.72 Å². The molecule has 1 atom stereocenters. The molecule has 0 spiro atoms. The largest absolute Gasteiger partial charge is 0.330 e. The van der Waals surface area contributed by atoms with Gasteiger partial charge in [0.2, 0.25) is 0 Å². The first-order chi connectivity index (χ1) is 12.6. The number of nitrogens with one attached hydrogen (secondary N) is 2. The van der Waals surface area contributed by atoms with E-state index >= 15 is 0 Å². The number of nitrogens with zero attached hydrogens (tertiary/aromatic N) is 2. The van der Waals surface area contributed by atoms with Crippen LogP contribution in [0.25, 0.3) is 0 Å². The Kier molecular flexibility index (Phi) is 5.43. The molecule has 0 aromatic heterocycles. The Hall–Kier alpha value is -1.24. The van der Waals surface area contributed by atoms with E-state index in [0.29, 0.717) is 6.04 Å². The number of carbonyl (C=O) groups excluding carboxylic acids is 1. The van der Waals surface area contributed by atoms with Gasteiger partial charge in [-0.2, -0.15) is 0 Å². The van der Waals surface area contributed by atoms with Crippen molar-refractivity contribution in [3.05, 3.63) is 28.3 Å². The van der Waals surface area contributed by atoms with E-state index in [1.54, 1.807) is 0 Å². The zero-order valence-corrected chi connectivity index (χ0v) is 16.8. The van der Waals surface area contributed by atoms with Crippen molar-refractivity contribution in [1.82, 2.24) is 13.9 Å².